The fourth-order valence-corrected chi connectivity index (χ4v) is 4.31. The van der Waals surface area contributed by atoms with Crippen LogP contribution in [-0.4, -0.2) is 24.1 Å². The van der Waals surface area contributed by atoms with Gasteiger partial charge in [-0.2, -0.15) is 0 Å². The fourth-order valence-electron chi connectivity index (χ4n) is 4.31. The number of anilines is 1. The molecule has 24 heavy (non-hydrogen) atoms. The fraction of sp³-hybridized carbons (Fsp3) is 0.526. The van der Waals surface area contributed by atoms with Gasteiger partial charge in [-0.1, -0.05) is 20.8 Å². The second-order valence-corrected chi connectivity index (χ2v) is 7.43. The molecule has 2 atom stereocenters. The van der Waals surface area contributed by atoms with Gasteiger partial charge in [0.2, 0.25) is 17.5 Å². The Balaban J connectivity index is 1.89. The first-order valence-electron chi connectivity index (χ1n) is 8.34. The number of rotatable bonds is 4. The van der Waals surface area contributed by atoms with Gasteiger partial charge in [-0.25, -0.2) is 0 Å². The summed E-state index contributed by atoms with van der Waals surface area (Å²) in [5, 5.41) is 2.83. The number of carbonyl (C=O) groups is 3. The van der Waals surface area contributed by atoms with E-state index in [1.807, 2.05) is 27.7 Å². The minimum Gasteiger partial charge on any atom is -0.494 e. The normalized spacial score (nSPS) is 30.5. The van der Waals surface area contributed by atoms with Crippen molar-refractivity contribution >= 4 is 23.2 Å². The molecule has 0 aliphatic heterocycles. The van der Waals surface area contributed by atoms with Crippen LogP contribution >= 0.6 is 0 Å². The average molecular weight is 329 g/mol. The van der Waals surface area contributed by atoms with E-state index in [2.05, 4.69) is 5.32 Å². The topological polar surface area (TPSA) is 72.5 Å². The molecule has 128 valence electrons. The SMILES string of the molecule is CCOc1ccc(NC(=O)[C@]23CC[C@](C)(C(=O)C2=O)C3(C)C)cc1. The third-order valence-electron chi connectivity index (χ3n) is 6.35. The minimum absolute atomic E-state index is 0.378. The molecule has 5 nitrogen and oxygen atoms in total. The first-order valence-corrected chi connectivity index (χ1v) is 8.34. The molecular formula is C19H23NO4. The number of fused-ring (bicyclic) bond motifs is 2. The Morgan fingerprint density at radius 2 is 1.71 bits per heavy atom. The molecule has 1 N–H and O–H groups in total. The Morgan fingerprint density at radius 3 is 2.21 bits per heavy atom. The van der Waals surface area contributed by atoms with Crippen LogP contribution in [0.1, 0.15) is 40.5 Å². The molecule has 1 aromatic rings. The van der Waals surface area contributed by atoms with Crippen molar-refractivity contribution in [1.82, 2.24) is 0 Å². The number of ketones is 2. The predicted octanol–water partition coefficient (Wildman–Crippen LogP) is 2.99. The van der Waals surface area contributed by atoms with Crippen LogP contribution in [-0.2, 0) is 14.4 Å². The summed E-state index contributed by atoms with van der Waals surface area (Å²) in [6, 6.07) is 7.01. The zero-order valence-corrected chi connectivity index (χ0v) is 14.6. The second kappa shape index (κ2) is 5.16. The number of carbonyl (C=O) groups excluding carboxylic acids is 3. The molecule has 2 fully saturated rings. The number of ether oxygens (including phenoxy) is 1. The van der Waals surface area contributed by atoms with Crippen LogP contribution in [0.5, 0.6) is 5.75 Å². The van der Waals surface area contributed by atoms with E-state index in [9.17, 15) is 14.4 Å². The Bertz CT molecular complexity index is 721. The summed E-state index contributed by atoms with van der Waals surface area (Å²) in [7, 11) is 0. The lowest BCUT2D eigenvalue weighted by Gasteiger charge is -2.37. The molecule has 2 aliphatic rings. The van der Waals surface area contributed by atoms with Crippen molar-refractivity contribution in [3.05, 3.63) is 24.3 Å². The predicted molar refractivity (Wildman–Crippen MR) is 89.8 cm³/mol. The number of benzene rings is 1. The number of nitrogens with one attached hydrogen (secondary N) is 1. The van der Waals surface area contributed by atoms with E-state index in [1.165, 1.54) is 0 Å². The molecular weight excluding hydrogens is 306 g/mol. The van der Waals surface area contributed by atoms with Crippen LogP contribution in [0.4, 0.5) is 5.69 Å². The summed E-state index contributed by atoms with van der Waals surface area (Å²) in [5.41, 5.74) is -2.12. The maximum absolute atomic E-state index is 13.0. The maximum atomic E-state index is 13.0. The van der Waals surface area contributed by atoms with E-state index in [1.54, 1.807) is 24.3 Å². The molecule has 1 aromatic carbocycles. The molecule has 0 aromatic heterocycles. The van der Waals surface area contributed by atoms with Gasteiger partial charge >= 0.3 is 0 Å². The molecule has 0 radical (unpaired) electrons. The van der Waals surface area contributed by atoms with Gasteiger partial charge in [0.1, 0.15) is 11.2 Å². The van der Waals surface area contributed by atoms with Crippen molar-refractivity contribution < 1.29 is 19.1 Å². The quantitative estimate of drug-likeness (QED) is 0.681. The smallest absolute Gasteiger partial charge is 0.239 e. The Morgan fingerprint density at radius 1 is 1.08 bits per heavy atom. The van der Waals surface area contributed by atoms with Crippen molar-refractivity contribution in [3.8, 4) is 5.75 Å². The molecule has 5 heteroatoms. The first kappa shape index (κ1) is 16.7. The molecule has 0 spiro atoms. The molecule has 2 aliphatic carbocycles. The van der Waals surface area contributed by atoms with Crippen LogP contribution in [0.25, 0.3) is 0 Å². The summed E-state index contributed by atoms with van der Waals surface area (Å²) in [6.45, 7) is 8.00. The van der Waals surface area contributed by atoms with Gasteiger partial charge in [0.15, 0.2) is 0 Å². The third kappa shape index (κ3) is 1.84. The maximum Gasteiger partial charge on any atom is 0.239 e. The third-order valence-corrected chi connectivity index (χ3v) is 6.35. The van der Waals surface area contributed by atoms with Gasteiger partial charge < -0.3 is 10.1 Å². The number of hydrogen-bond acceptors (Lipinski definition) is 4. The van der Waals surface area contributed by atoms with Gasteiger partial charge in [0.05, 0.1) is 6.61 Å². The summed E-state index contributed by atoms with van der Waals surface area (Å²) < 4.78 is 5.38. The van der Waals surface area contributed by atoms with Crippen LogP contribution < -0.4 is 10.1 Å². The summed E-state index contributed by atoms with van der Waals surface area (Å²) in [6.07, 6.45) is 0.991. The van der Waals surface area contributed by atoms with E-state index in [0.29, 0.717) is 25.1 Å². The second-order valence-electron chi connectivity index (χ2n) is 7.43. The number of Topliss-reactive ketones (excluding diaryl/α,β-unsaturated/α-hetero) is 2. The van der Waals surface area contributed by atoms with Crippen molar-refractivity contribution in [2.75, 3.05) is 11.9 Å². The van der Waals surface area contributed by atoms with Crippen LogP contribution in [0.3, 0.4) is 0 Å². The van der Waals surface area contributed by atoms with Gasteiger partial charge in [0, 0.05) is 11.1 Å². The Hall–Kier alpha value is -2.17. The van der Waals surface area contributed by atoms with Gasteiger partial charge in [-0.15, -0.1) is 0 Å². The molecule has 2 bridgehead atoms. The summed E-state index contributed by atoms with van der Waals surface area (Å²) >= 11 is 0. The van der Waals surface area contributed by atoms with Gasteiger partial charge in [-0.3, -0.25) is 14.4 Å². The van der Waals surface area contributed by atoms with Crippen LogP contribution in [0.2, 0.25) is 0 Å². The van der Waals surface area contributed by atoms with Crippen LogP contribution in [0, 0.1) is 16.2 Å². The molecule has 3 rings (SSSR count). The zero-order chi connectivity index (χ0) is 17.8. The first-order chi connectivity index (χ1) is 11.2. The number of hydrogen-bond donors (Lipinski definition) is 1. The summed E-state index contributed by atoms with van der Waals surface area (Å²) in [4.78, 5) is 38.1. The van der Waals surface area contributed by atoms with E-state index in [4.69, 9.17) is 4.74 Å². The van der Waals surface area contributed by atoms with E-state index >= 15 is 0 Å². The highest BCUT2D eigenvalue weighted by atomic mass is 16.5. The van der Waals surface area contributed by atoms with Gasteiger partial charge in [-0.05, 0) is 49.4 Å². The lowest BCUT2D eigenvalue weighted by atomic mass is 9.64. The highest BCUT2D eigenvalue weighted by Gasteiger charge is 2.77. The minimum atomic E-state index is -1.27. The molecule has 2 saturated carbocycles. The Kier molecular flexibility index (Phi) is 3.59. The van der Waals surface area contributed by atoms with E-state index in [0.717, 1.165) is 5.75 Å². The van der Waals surface area contributed by atoms with E-state index in [-0.39, 0.29) is 5.91 Å². The van der Waals surface area contributed by atoms with Crippen molar-refractivity contribution in [3.63, 3.8) is 0 Å². The standard InChI is InChI=1S/C19H23NO4/c1-5-24-13-8-6-12(7-9-13)20-16(23)19-11-10-18(4,17(19,2)3)14(21)15(19)22/h6-9H,5,10-11H2,1-4H3,(H,20,23)/t18-,19+/m1/s1. The molecule has 0 unspecified atom stereocenters. The highest BCUT2D eigenvalue weighted by molar-refractivity contribution is 6.49. The average Bonchev–Trinajstić information content (AvgIpc) is 2.81. The van der Waals surface area contributed by atoms with Gasteiger partial charge in [0.25, 0.3) is 0 Å². The monoisotopic (exact) mass is 329 g/mol. The van der Waals surface area contributed by atoms with Crippen molar-refractivity contribution in [1.29, 1.82) is 0 Å². The zero-order valence-electron chi connectivity index (χ0n) is 14.6. The molecule has 0 saturated heterocycles. The molecule has 1 amide bonds. The highest BCUT2D eigenvalue weighted by Crippen LogP contribution is 2.69. The van der Waals surface area contributed by atoms with Crippen molar-refractivity contribution in [2.45, 2.75) is 40.5 Å². The largest absolute Gasteiger partial charge is 0.494 e. The van der Waals surface area contributed by atoms with E-state index < -0.39 is 27.8 Å². The lowest BCUT2D eigenvalue weighted by Crippen LogP contribution is -2.47. The van der Waals surface area contributed by atoms with Crippen LogP contribution in [0.15, 0.2) is 24.3 Å². The molecule has 0 heterocycles. The lowest BCUT2D eigenvalue weighted by molar-refractivity contribution is -0.147. The van der Waals surface area contributed by atoms with Crippen molar-refractivity contribution in [2.24, 2.45) is 16.2 Å². The summed E-state index contributed by atoms with van der Waals surface area (Å²) in [5.74, 6) is -0.601. The number of amides is 1. The Labute approximate surface area is 141 Å².